The molecule has 1 aliphatic heterocycles. The lowest BCUT2D eigenvalue weighted by atomic mass is 10.1. The number of aliphatic imine (C=N–C) groups is 1. The molecule has 0 radical (unpaired) electrons. The number of nitrogens with zero attached hydrogens (tertiary/aromatic N) is 3. The molecular weight excluding hydrogens is 439 g/mol. The summed E-state index contributed by atoms with van der Waals surface area (Å²) in [5.74, 6) is -1.37. The average molecular weight is 461 g/mol. The summed E-state index contributed by atoms with van der Waals surface area (Å²) in [6.45, 7) is 2.92. The Bertz CT molecular complexity index is 1110. The third-order valence-corrected chi connectivity index (χ3v) is 5.18. The summed E-state index contributed by atoms with van der Waals surface area (Å²) < 4.78 is 38.7. The van der Waals surface area contributed by atoms with E-state index in [1.165, 1.54) is 25.1 Å². The fraction of sp³-hybridized carbons (Fsp3) is 0.318. The lowest BCUT2D eigenvalue weighted by Crippen LogP contribution is -2.31. The molecule has 1 heterocycles. The van der Waals surface area contributed by atoms with Gasteiger partial charge >= 0.3 is 6.18 Å². The molecule has 8 nitrogen and oxygen atoms in total. The van der Waals surface area contributed by atoms with Crippen molar-refractivity contribution >= 4 is 29.0 Å². The maximum absolute atomic E-state index is 12.9. The zero-order valence-corrected chi connectivity index (χ0v) is 17.8. The number of rotatable bonds is 4. The number of carbonyl (C=O) groups excluding carboxylic acids is 1. The van der Waals surface area contributed by atoms with Gasteiger partial charge in [-0.2, -0.15) is 13.2 Å². The van der Waals surface area contributed by atoms with Crippen molar-refractivity contribution in [1.29, 1.82) is 5.41 Å². The molecule has 2 aromatic carbocycles. The monoisotopic (exact) mass is 461 g/mol. The summed E-state index contributed by atoms with van der Waals surface area (Å²) in [5.41, 5.74) is -0.864. The quantitative estimate of drug-likeness (QED) is 0.295. The van der Waals surface area contributed by atoms with Crippen molar-refractivity contribution in [3.05, 3.63) is 69.3 Å². The van der Waals surface area contributed by atoms with E-state index in [1.54, 1.807) is 6.07 Å². The van der Waals surface area contributed by atoms with E-state index in [0.717, 1.165) is 50.6 Å². The van der Waals surface area contributed by atoms with Crippen LogP contribution in [-0.2, 0) is 6.18 Å². The molecule has 1 fully saturated rings. The Balaban J connectivity index is 1.81. The van der Waals surface area contributed by atoms with Crippen molar-refractivity contribution in [3.8, 4) is 0 Å². The minimum absolute atomic E-state index is 0.0833. The van der Waals surface area contributed by atoms with E-state index in [4.69, 9.17) is 5.41 Å². The topological polar surface area (TPSA) is 112 Å². The first-order valence-corrected chi connectivity index (χ1v) is 10.2. The first kappa shape index (κ1) is 23.9. The van der Waals surface area contributed by atoms with Crippen molar-refractivity contribution in [2.24, 2.45) is 4.99 Å². The van der Waals surface area contributed by atoms with Gasteiger partial charge in [-0.3, -0.25) is 20.3 Å². The van der Waals surface area contributed by atoms with Crippen molar-refractivity contribution in [1.82, 2.24) is 5.32 Å². The number of benzene rings is 2. The Morgan fingerprint density at radius 3 is 2.48 bits per heavy atom. The number of hydrogen-bond donors (Lipinski definition) is 2. The standard InChI is InChI=1S/C22H22F3N5O3/c1-14(27-20(26)15-6-5-7-16(12-15)22(23,24)25)28-21(31)18-13-17(8-9-19(18)30(32)33)29-10-3-2-4-11-29/h5-9,12-13H,2-4,10-11H2,1H3,(H2,26,27,28,31). The number of hydrogen-bond acceptors (Lipinski definition) is 5. The number of nitro benzene ring substituents is 1. The molecule has 174 valence electrons. The van der Waals surface area contributed by atoms with E-state index in [2.05, 4.69) is 10.3 Å². The van der Waals surface area contributed by atoms with Gasteiger partial charge in [-0.1, -0.05) is 12.1 Å². The van der Waals surface area contributed by atoms with Gasteiger partial charge in [-0.05, 0) is 50.5 Å². The number of amidine groups is 2. The Hall–Kier alpha value is -3.76. The minimum atomic E-state index is -4.57. The Labute approximate surface area is 187 Å². The van der Waals surface area contributed by atoms with Gasteiger partial charge in [0, 0.05) is 30.4 Å². The predicted octanol–water partition coefficient (Wildman–Crippen LogP) is 4.78. The Morgan fingerprint density at radius 2 is 1.85 bits per heavy atom. The normalized spacial score (nSPS) is 14.7. The average Bonchev–Trinajstić information content (AvgIpc) is 2.78. The van der Waals surface area contributed by atoms with Crippen molar-refractivity contribution in [2.75, 3.05) is 18.0 Å². The summed E-state index contributed by atoms with van der Waals surface area (Å²) in [6.07, 6.45) is -1.49. The van der Waals surface area contributed by atoms with Crippen LogP contribution in [-0.4, -0.2) is 35.6 Å². The van der Waals surface area contributed by atoms with Gasteiger partial charge in [-0.25, -0.2) is 4.99 Å². The Morgan fingerprint density at radius 1 is 1.15 bits per heavy atom. The van der Waals surface area contributed by atoms with Crippen LogP contribution in [0.3, 0.4) is 0 Å². The maximum Gasteiger partial charge on any atom is 0.416 e. The van der Waals surface area contributed by atoms with Crippen LogP contribution < -0.4 is 10.2 Å². The van der Waals surface area contributed by atoms with E-state index in [1.807, 2.05) is 4.90 Å². The van der Waals surface area contributed by atoms with Gasteiger partial charge in [0.25, 0.3) is 11.6 Å². The van der Waals surface area contributed by atoms with Crippen LogP contribution in [0.2, 0.25) is 0 Å². The first-order chi connectivity index (χ1) is 15.6. The summed E-state index contributed by atoms with van der Waals surface area (Å²) in [6, 6.07) is 8.44. The molecular formula is C22H22F3N5O3. The number of piperidine rings is 1. The zero-order chi connectivity index (χ0) is 24.2. The molecule has 0 atom stereocenters. The number of alkyl halides is 3. The molecule has 0 aliphatic carbocycles. The smallest absolute Gasteiger partial charge is 0.372 e. The number of halogens is 3. The van der Waals surface area contributed by atoms with Crippen LogP contribution in [0, 0.1) is 15.5 Å². The summed E-state index contributed by atoms with van der Waals surface area (Å²) in [7, 11) is 0. The summed E-state index contributed by atoms with van der Waals surface area (Å²) in [4.78, 5) is 29.4. The molecule has 0 unspecified atom stereocenters. The van der Waals surface area contributed by atoms with Gasteiger partial charge in [0.05, 0.1) is 10.5 Å². The van der Waals surface area contributed by atoms with Gasteiger partial charge in [0.15, 0.2) is 5.84 Å². The first-order valence-electron chi connectivity index (χ1n) is 10.2. The molecule has 0 spiro atoms. The van der Waals surface area contributed by atoms with Crippen molar-refractivity contribution < 1.29 is 22.9 Å². The highest BCUT2D eigenvalue weighted by atomic mass is 19.4. The van der Waals surface area contributed by atoms with E-state index >= 15 is 0 Å². The summed E-state index contributed by atoms with van der Waals surface area (Å²) >= 11 is 0. The Kier molecular flexibility index (Phi) is 7.10. The van der Waals surface area contributed by atoms with Gasteiger partial charge < -0.3 is 10.2 Å². The summed E-state index contributed by atoms with van der Waals surface area (Å²) in [5, 5.41) is 21.8. The van der Waals surface area contributed by atoms with Crippen LogP contribution in [0.15, 0.2) is 47.5 Å². The van der Waals surface area contributed by atoms with Crippen LogP contribution in [0.5, 0.6) is 0 Å². The number of amides is 1. The van der Waals surface area contributed by atoms with Gasteiger partial charge in [0.1, 0.15) is 11.4 Å². The molecule has 0 saturated carbocycles. The molecule has 33 heavy (non-hydrogen) atoms. The maximum atomic E-state index is 12.9. The zero-order valence-electron chi connectivity index (χ0n) is 17.8. The van der Waals surface area contributed by atoms with E-state index < -0.39 is 28.4 Å². The van der Waals surface area contributed by atoms with Crippen molar-refractivity contribution in [3.63, 3.8) is 0 Å². The molecule has 11 heteroatoms. The van der Waals surface area contributed by atoms with Gasteiger partial charge in [-0.15, -0.1) is 0 Å². The van der Waals surface area contributed by atoms with Crippen LogP contribution in [0.1, 0.15) is 47.7 Å². The van der Waals surface area contributed by atoms with Crippen LogP contribution >= 0.6 is 0 Å². The number of anilines is 1. The molecule has 1 amide bonds. The fourth-order valence-corrected chi connectivity index (χ4v) is 3.55. The molecule has 1 saturated heterocycles. The highest BCUT2D eigenvalue weighted by Crippen LogP contribution is 2.30. The SMILES string of the molecule is CC(=NC(=N)c1cccc(C(F)(F)F)c1)NC(=O)c1cc(N2CCCCC2)ccc1[N+](=O)[O-]. The lowest BCUT2D eigenvalue weighted by molar-refractivity contribution is -0.385. The second-order valence-electron chi connectivity index (χ2n) is 7.58. The van der Waals surface area contributed by atoms with Crippen LogP contribution in [0.4, 0.5) is 24.5 Å². The van der Waals surface area contributed by atoms with Crippen molar-refractivity contribution in [2.45, 2.75) is 32.4 Å². The molecule has 2 N–H and O–H groups in total. The second kappa shape index (κ2) is 9.80. The number of nitro groups is 1. The molecule has 0 bridgehead atoms. The molecule has 0 aromatic heterocycles. The number of nitrogens with one attached hydrogen (secondary N) is 2. The van der Waals surface area contributed by atoms with E-state index in [9.17, 15) is 28.1 Å². The molecule has 3 rings (SSSR count). The highest BCUT2D eigenvalue weighted by Gasteiger charge is 2.30. The van der Waals surface area contributed by atoms with E-state index in [0.29, 0.717) is 5.69 Å². The fourth-order valence-electron chi connectivity index (χ4n) is 3.55. The molecule has 2 aromatic rings. The predicted molar refractivity (Wildman–Crippen MR) is 118 cm³/mol. The third-order valence-electron chi connectivity index (χ3n) is 5.18. The third kappa shape index (κ3) is 5.93. The van der Waals surface area contributed by atoms with E-state index in [-0.39, 0.29) is 22.6 Å². The van der Waals surface area contributed by atoms with Gasteiger partial charge in [0.2, 0.25) is 0 Å². The van der Waals surface area contributed by atoms with Crippen LogP contribution in [0.25, 0.3) is 0 Å². The number of carbonyl (C=O) groups is 1. The lowest BCUT2D eigenvalue weighted by Gasteiger charge is -2.29. The largest absolute Gasteiger partial charge is 0.416 e. The molecule has 1 aliphatic rings. The highest BCUT2D eigenvalue weighted by molar-refractivity contribution is 6.12. The second-order valence-corrected chi connectivity index (χ2v) is 7.58. The minimum Gasteiger partial charge on any atom is -0.372 e.